The Hall–Kier alpha value is -5.66. The van der Waals surface area contributed by atoms with Crippen molar-refractivity contribution >= 4 is 65.9 Å². The Morgan fingerprint density at radius 3 is 2.20 bits per heavy atom. The van der Waals surface area contributed by atoms with E-state index in [1.54, 1.807) is 0 Å². The van der Waals surface area contributed by atoms with Gasteiger partial charge in [-0.05, 0) is 111 Å². The average molecular weight is 628 g/mol. The predicted molar refractivity (Wildman–Crippen MR) is 211 cm³/mol. The maximum atomic E-state index is 2.52. The molecule has 0 aliphatic heterocycles. The molecule has 2 aliphatic carbocycles. The molecule has 1 heterocycles. The van der Waals surface area contributed by atoms with Crippen molar-refractivity contribution in [1.29, 1.82) is 0 Å². The molecule has 0 N–H and O–H groups in total. The van der Waals surface area contributed by atoms with E-state index in [4.69, 9.17) is 0 Å². The van der Waals surface area contributed by atoms with Crippen LogP contribution in [-0.2, 0) is 6.42 Å². The highest BCUT2D eigenvalue weighted by Crippen LogP contribution is 2.46. The molecule has 0 saturated heterocycles. The van der Waals surface area contributed by atoms with Crippen molar-refractivity contribution in [1.82, 2.24) is 4.57 Å². The van der Waals surface area contributed by atoms with Gasteiger partial charge >= 0.3 is 0 Å². The highest BCUT2D eigenvalue weighted by Gasteiger charge is 2.24. The van der Waals surface area contributed by atoms with E-state index in [0.717, 1.165) is 19.3 Å². The largest absolute Gasteiger partial charge is 0.310 e. The molecule has 1 heteroatoms. The molecule has 2 aliphatic rings. The summed E-state index contributed by atoms with van der Waals surface area (Å²) in [6.45, 7) is 4.43. The standard InChI is InChI=1S/C48H37N/c1-30-17-25-40-41(28-30)45(34-12-4-3-5-13-34)39-24-16-31(2)29-42(39)46(40)35-18-22-36(23-19-35)49-43-26-20-32-10-6-8-14-37(32)47(43)48-38-15-9-7-11-33(38)21-27-44(48)49/h3-6,8-10,12-18,20-29,35H,7,11,19H2,1-2H3. The number of benzene rings is 7. The molecule has 1 unspecified atom stereocenters. The van der Waals surface area contributed by atoms with Crippen LogP contribution in [0.25, 0.3) is 77.0 Å². The number of hydrogen-bond donors (Lipinski definition) is 0. The van der Waals surface area contributed by atoms with Gasteiger partial charge < -0.3 is 4.57 Å². The third-order valence-corrected chi connectivity index (χ3v) is 11.1. The molecular weight excluding hydrogens is 591 g/mol. The molecule has 0 fully saturated rings. The number of fused-ring (bicyclic) bond motifs is 9. The van der Waals surface area contributed by atoms with E-state index in [1.807, 2.05) is 0 Å². The van der Waals surface area contributed by atoms with E-state index < -0.39 is 0 Å². The Labute approximate surface area is 287 Å². The van der Waals surface area contributed by atoms with Crippen LogP contribution in [0.15, 0.2) is 140 Å². The van der Waals surface area contributed by atoms with Gasteiger partial charge in [-0.25, -0.2) is 0 Å². The molecule has 10 rings (SSSR count). The van der Waals surface area contributed by atoms with Crippen LogP contribution in [-0.4, -0.2) is 4.57 Å². The van der Waals surface area contributed by atoms with Gasteiger partial charge in [-0.15, -0.1) is 0 Å². The first-order valence-electron chi connectivity index (χ1n) is 17.7. The first kappa shape index (κ1) is 28.4. The fourth-order valence-electron chi connectivity index (χ4n) is 8.86. The lowest BCUT2D eigenvalue weighted by molar-refractivity contribution is 0.865. The minimum atomic E-state index is 0.271. The van der Waals surface area contributed by atoms with Gasteiger partial charge in [0.05, 0.1) is 11.0 Å². The molecule has 1 aromatic heterocycles. The maximum Gasteiger partial charge on any atom is 0.0547 e. The van der Waals surface area contributed by atoms with Gasteiger partial charge in [-0.3, -0.25) is 0 Å². The Kier molecular flexibility index (Phi) is 6.33. The fraction of sp³-hybridized carbons (Fsp3) is 0.125. The van der Waals surface area contributed by atoms with E-state index in [1.165, 1.54) is 98.8 Å². The zero-order chi connectivity index (χ0) is 32.6. The second kappa shape index (κ2) is 10.9. The summed E-state index contributed by atoms with van der Waals surface area (Å²) >= 11 is 0. The molecule has 0 radical (unpaired) electrons. The smallest absolute Gasteiger partial charge is 0.0547 e. The zero-order valence-electron chi connectivity index (χ0n) is 28.0. The number of allylic oxidation sites excluding steroid dienone is 5. The van der Waals surface area contributed by atoms with Crippen molar-refractivity contribution in [2.75, 3.05) is 0 Å². The minimum Gasteiger partial charge on any atom is -0.310 e. The topological polar surface area (TPSA) is 4.93 Å². The molecule has 1 nitrogen and oxygen atoms in total. The molecule has 0 spiro atoms. The van der Waals surface area contributed by atoms with Gasteiger partial charge in [-0.2, -0.15) is 0 Å². The van der Waals surface area contributed by atoms with Gasteiger partial charge in [0.25, 0.3) is 0 Å². The van der Waals surface area contributed by atoms with Crippen LogP contribution in [0.2, 0.25) is 0 Å². The number of aromatic nitrogens is 1. The van der Waals surface area contributed by atoms with Crippen LogP contribution in [0.3, 0.4) is 0 Å². The molecule has 0 bridgehead atoms. The lowest BCUT2D eigenvalue weighted by Gasteiger charge is -2.24. The van der Waals surface area contributed by atoms with Crippen molar-refractivity contribution in [2.45, 2.75) is 39.0 Å². The van der Waals surface area contributed by atoms with E-state index in [-0.39, 0.29) is 5.92 Å². The third kappa shape index (κ3) is 4.32. The average Bonchev–Trinajstić information content (AvgIpc) is 3.50. The summed E-state index contributed by atoms with van der Waals surface area (Å²) in [5, 5.41) is 10.8. The Bertz CT molecular complexity index is 2750. The lowest BCUT2D eigenvalue weighted by Crippen LogP contribution is -2.05. The second-order valence-corrected chi connectivity index (χ2v) is 14.1. The summed E-state index contributed by atoms with van der Waals surface area (Å²) in [4.78, 5) is 0. The summed E-state index contributed by atoms with van der Waals surface area (Å²) in [6.07, 6.45) is 15.2. The summed E-state index contributed by atoms with van der Waals surface area (Å²) < 4.78 is 2.52. The van der Waals surface area contributed by atoms with Crippen LogP contribution < -0.4 is 0 Å². The molecule has 1 atom stereocenters. The van der Waals surface area contributed by atoms with Crippen LogP contribution in [0, 0.1) is 13.8 Å². The second-order valence-electron chi connectivity index (χ2n) is 14.1. The summed E-state index contributed by atoms with van der Waals surface area (Å²) in [7, 11) is 0. The Morgan fingerprint density at radius 2 is 1.37 bits per heavy atom. The van der Waals surface area contributed by atoms with Crippen molar-refractivity contribution in [3.63, 3.8) is 0 Å². The van der Waals surface area contributed by atoms with Gasteiger partial charge in [0.2, 0.25) is 0 Å². The summed E-state index contributed by atoms with van der Waals surface area (Å²) in [6, 6.07) is 43.3. The van der Waals surface area contributed by atoms with E-state index in [2.05, 4.69) is 164 Å². The molecule has 8 aromatic rings. The quantitative estimate of drug-likeness (QED) is 0.172. The van der Waals surface area contributed by atoms with Crippen molar-refractivity contribution < 1.29 is 0 Å². The van der Waals surface area contributed by atoms with Crippen LogP contribution >= 0.6 is 0 Å². The van der Waals surface area contributed by atoms with E-state index in [9.17, 15) is 0 Å². The van der Waals surface area contributed by atoms with Gasteiger partial charge in [0, 0.05) is 22.4 Å². The minimum absolute atomic E-state index is 0.271. The van der Waals surface area contributed by atoms with E-state index >= 15 is 0 Å². The maximum absolute atomic E-state index is 2.52. The van der Waals surface area contributed by atoms with Gasteiger partial charge in [-0.1, -0.05) is 139 Å². The van der Waals surface area contributed by atoms with Crippen molar-refractivity contribution in [3.05, 3.63) is 167 Å². The Balaban J connectivity index is 1.18. The SMILES string of the molecule is Cc1ccc2c(C3C=CC(n4c5ccc6c(c5c5c7ccccc7ccc54)C=CCC6)=CC3)c3cc(C)ccc3c(-c3ccccc3)c2c1. The molecule has 0 amide bonds. The van der Waals surface area contributed by atoms with Crippen molar-refractivity contribution in [3.8, 4) is 11.1 Å². The highest BCUT2D eigenvalue weighted by atomic mass is 15.0. The number of hydrogen-bond acceptors (Lipinski definition) is 0. The predicted octanol–water partition coefficient (Wildman–Crippen LogP) is 13.1. The first-order chi connectivity index (χ1) is 24.1. The van der Waals surface area contributed by atoms with Gasteiger partial charge in [0.15, 0.2) is 0 Å². The summed E-state index contributed by atoms with van der Waals surface area (Å²) in [5.41, 5.74) is 13.3. The monoisotopic (exact) mass is 627 g/mol. The first-order valence-corrected chi connectivity index (χ1v) is 17.7. The number of aryl methyl sites for hydroxylation is 3. The third-order valence-electron chi connectivity index (χ3n) is 11.1. The van der Waals surface area contributed by atoms with E-state index in [0.29, 0.717) is 0 Å². The van der Waals surface area contributed by atoms with Gasteiger partial charge in [0.1, 0.15) is 0 Å². The molecular formula is C48H37N. The fourth-order valence-corrected chi connectivity index (χ4v) is 8.86. The lowest BCUT2D eigenvalue weighted by atomic mass is 9.80. The number of nitrogens with zero attached hydrogens (tertiary/aromatic N) is 1. The highest BCUT2D eigenvalue weighted by molar-refractivity contribution is 6.24. The van der Waals surface area contributed by atoms with Crippen molar-refractivity contribution in [2.24, 2.45) is 0 Å². The van der Waals surface area contributed by atoms with Crippen LogP contribution in [0.5, 0.6) is 0 Å². The van der Waals surface area contributed by atoms with Crippen LogP contribution in [0.1, 0.15) is 46.6 Å². The molecule has 234 valence electrons. The molecule has 49 heavy (non-hydrogen) atoms. The molecule has 7 aromatic carbocycles. The van der Waals surface area contributed by atoms with Crippen LogP contribution in [0.4, 0.5) is 0 Å². The number of rotatable bonds is 3. The Morgan fingerprint density at radius 1 is 0.612 bits per heavy atom. The summed E-state index contributed by atoms with van der Waals surface area (Å²) in [5.74, 6) is 0.271. The molecule has 0 saturated carbocycles. The zero-order valence-corrected chi connectivity index (χ0v) is 28.0. The normalized spacial score (nSPS) is 15.9.